The van der Waals surface area contributed by atoms with Gasteiger partial charge in [-0.15, -0.1) is 0 Å². The second kappa shape index (κ2) is 5.81. The third-order valence-corrected chi connectivity index (χ3v) is 5.34. The van der Waals surface area contributed by atoms with Gasteiger partial charge in [-0.25, -0.2) is 9.59 Å². The van der Waals surface area contributed by atoms with Gasteiger partial charge < -0.3 is 19.3 Å². The molecule has 6 heteroatoms. The topological polar surface area (TPSA) is 82.1 Å². The quantitative estimate of drug-likeness (QED) is 0.468. The van der Waals surface area contributed by atoms with Gasteiger partial charge in [0.25, 0.3) is 0 Å². The average Bonchev–Trinajstić information content (AvgIpc) is 2.97. The summed E-state index contributed by atoms with van der Waals surface area (Å²) in [4.78, 5) is 24.2. The number of carbonyl (C=O) groups excluding carboxylic acids is 2. The van der Waals surface area contributed by atoms with E-state index >= 15 is 0 Å². The number of hydrogen-bond donors (Lipinski definition) is 1. The second-order valence-corrected chi connectivity index (χ2v) is 7.54. The molecule has 3 aliphatic rings. The zero-order chi connectivity index (χ0) is 18.6. The molecular formula is C19H24O6. The monoisotopic (exact) mass is 348 g/mol. The Labute approximate surface area is 147 Å². The van der Waals surface area contributed by atoms with Gasteiger partial charge >= 0.3 is 11.9 Å². The molecule has 0 unspecified atom stereocenters. The summed E-state index contributed by atoms with van der Waals surface area (Å²) in [5, 5.41) is 10.8. The number of aliphatic hydroxyl groups is 1. The number of fused-ring (bicyclic) bond motifs is 3. The van der Waals surface area contributed by atoms with Crippen LogP contribution in [0.25, 0.3) is 0 Å². The van der Waals surface area contributed by atoms with Crippen molar-refractivity contribution in [2.24, 2.45) is 5.92 Å². The highest BCUT2D eigenvalue weighted by Gasteiger charge is 2.54. The van der Waals surface area contributed by atoms with Gasteiger partial charge in [0, 0.05) is 24.0 Å². The lowest BCUT2D eigenvalue weighted by Crippen LogP contribution is -2.40. The van der Waals surface area contributed by atoms with Crippen molar-refractivity contribution in [3.8, 4) is 0 Å². The summed E-state index contributed by atoms with van der Waals surface area (Å²) in [6, 6.07) is 0. The molecule has 2 bridgehead atoms. The van der Waals surface area contributed by atoms with Gasteiger partial charge in [0.05, 0.1) is 11.5 Å². The molecule has 0 aromatic carbocycles. The van der Waals surface area contributed by atoms with E-state index in [1.807, 2.05) is 6.92 Å². The molecule has 0 spiro atoms. The molecule has 0 aromatic heterocycles. The van der Waals surface area contributed by atoms with E-state index in [1.165, 1.54) is 0 Å². The molecule has 3 aliphatic heterocycles. The summed E-state index contributed by atoms with van der Waals surface area (Å²) in [5.74, 6) is -2.97. The third-order valence-electron chi connectivity index (χ3n) is 5.34. The molecule has 3 heterocycles. The first-order valence-electron chi connectivity index (χ1n) is 8.42. The first-order chi connectivity index (χ1) is 11.5. The van der Waals surface area contributed by atoms with Gasteiger partial charge in [0.15, 0.2) is 5.79 Å². The van der Waals surface area contributed by atoms with Crippen molar-refractivity contribution >= 4 is 11.9 Å². The van der Waals surface area contributed by atoms with Crippen LogP contribution in [0.1, 0.15) is 40.0 Å². The van der Waals surface area contributed by atoms with Gasteiger partial charge in [-0.3, -0.25) is 0 Å². The molecular weight excluding hydrogens is 324 g/mol. The van der Waals surface area contributed by atoms with Crippen LogP contribution in [-0.2, 0) is 23.8 Å². The first kappa shape index (κ1) is 17.9. The highest BCUT2D eigenvalue weighted by atomic mass is 16.6. The Morgan fingerprint density at radius 2 is 2.12 bits per heavy atom. The van der Waals surface area contributed by atoms with E-state index in [9.17, 15) is 14.7 Å². The van der Waals surface area contributed by atoms with Crippen LogP contribution in [-0.4, -0.2) is 40.6 Å². The van der Waals surface area contributed by atoms with Crippen LogP contribution in [0.4, 0.5) is 0 Å². The molecule has 0 radical (unpaired) electrons. The van der Waals surface area contributed by atoms with Crippen molar-refractivity contribution < 1.29 is 28.9 Å². The molecule has 2 saturated heterocycles. The van der Waals surface area contributed by atoms with Gasteiger partial charge in [-0.05, 0) is 38.8 Å². The maximum Gasteiger partial charge on any atom is 0.334 e. The molecule has 136 valence electrons. The lowest BCUT2D eigenvalue weighted by atomic mass is 9.82. The van der Waals surface area contributed by atoms with Crippen molar-refractivity contribution in [3.05, 3.63) is 36.0 Å². The molecule has 6 nitrogen and oxygen atoms in total. The molecule has 25 heavy (non-hydrogen) atoms. The van der Waals surface area contributed by atoms with Crippen molar-refractivity contribution in [1.29, 1.82) is 0 Å². The molecule has 1 N–H and O–H groups in total. The van der Waals surface area contributed by atoms with Gasteiger partial charge in [-0.2, -0.15) is 0 Å². The fraction of sp³-hybridized carbons (Fsp3) is 0.579. The Kier molecular flexibility index (Phi) is 4.16. The first-order valence-corrected chi connectivity index (χ1v) is 8.42. The fourth-order valence-electron chi connectivity index (χ4n) is 3.83. The average molecular weight is 348 g/mol. The van der Waals surface area contributed by atoms with E-state index in [1.54, 1.807) is 19.9 Å². The van der Waals surface area contributed by atoms with Crippen LogP contribution in [0.2, 0.25) is 0 Å². The Morgan fingerprint density at radius 3 is 2.76 bits per heavy atom. The van der Waals surface area contributed by atoms with Crippen molar-refractivity contribution in [1.82, 2.24) is 0 Å². The van der Waals surface area contributed by atoms with E-state index in [0.29, 0.717) is 24.8 Å². The Bertz CT molecular complexity index is 692. The summed E-state index contributed by atoms with van der Waals surface area (Å²) in [7, 11) is 0. The van der Waals surface area contributed by atoms with Crippen molar-refractivity contribution in [2.45, 2.75) is 63.6 Å². The highest BCUT2D eigenvalue weighted by Crippen LogP contribution is 2.47. The van der Waals surface area contributed by atoms with Gasteiger partial charge in [0.2, 0.25) is 0 Å². The van der Waals surface area contributed by atoms with Crippen LogP contribution in [0.15, 0.2) is 36.0 Å². The minimum Gasteiger partial charge on any atom is -0.458 e. The zero-order valence-electron chi connectivity index (χ0n) is 14.8. The number of hydrogen-bond acceptors (Lipinski definition) is 6. The number of ether oxygens (including phenoxy) is 3. The maximum atomic E-state index is 12.1. The number of carbonyl (C=O) groups is 2. The Hall–Kier alpha value is -1.92. The van der Waals surface area contributed by atoms with E-state index in [0.717, 1.165) is 0 Å². The van der Waals surface area contributed by atoms with E-state index in [2.05, 4.69) is 13.2 Å². The van der Waals surface area contributed by atoms with Crippen LogP contribution in [0.3, 0.4) is 0 Å². The summed E-state index contributed by atoms with van der Waals surface area (Å²) in [6.45, 7) is 12.6. The molecule has 5 atom stereocenters. The van der Waals surface area contributed by atoms with Crippen LogP contribution in [0, 0.1) is 5.92 Å². The summed E-state index contributed by atoms with van der Waals surface area (Å²) < 4.78 is 17.0. The number of rotatable bonds is 2. The fourth-order valence-corrected chi connectivity index (χ4v) is 3.83. The molecule has 0 amide bonds. The normalized spacial score (nSPS) is 42.4. The second-order valence-electron chi connectivity index (χ2n) is 7.54. The van der Waals surface area contributed by atoms with Crippen LogP contribution < -0.4 is 0 Å². The lowest BCUT2D eigenvalue weighted by Gasteiger charge is -2.33. The summed E-state index contributed by atoms with van der Waals surface area (Å²) in [5.41, 5.74) is 0.431. The predicted molar refractivity (Wildman–Crippen MR) is 89.3 cm³/mol. The zero-order valence-corrected chi connectivity index (χ0v) is 14.8. The standard InChI is InChI=1S/C19H24O6/c1-10(2)16(20)24-14-9-18(5)6-7-19(22,25-18)11(3)8-13-15(14)12(4)17(21)23-13/h8,13-15,22H,1,4,6-7,9H2,2-3,5H3/b11-8-/t13-,14-,15+,18+,19-/m1/s1. The predicted octanol–water partition coefficient (Wildman–Crippen LogP) is 2.18. The largest absolute Gasteiger partial charge is 0.458 e. The van der Waals surface area contributed by atoms with Crippen LogP contribution >= 0.6 is 0 Å². The molecule has 0 saturated carbocycles. The molecule has 3 rings (SSSR count). The molecule has 0 aliphatic carbocycles. The number of esters is 2. The Morgan fingerprint density at radius 1 is 1.44 bits per heavy atom. The van der Waals surface area contributed by atoms with Crippen molar-refractivity contribution in [3.63, 3.8) is 0 Å². The van der Waals surface area contributed by atoms with Gasteiger partial charge in [0.1, 0.15) is 12.2 Å². The molecule has 0 aromatic rings. The van der Waals surface area contributed by atoms with E-state index < -0.39 is 41.5 Å². The lowest BCUT2D eigenvalue weighted by molar-refractivity contribution is -0.202. The Balaban J connectivity index is 2.04. The van der Waals surface area contributed by atoms with E-state index in [-0.39, 0.29) is 11.1 Å². The third kappa shape index (κ3) is 3.04. The summed E-state index contributed by atoms with van der Waals surface area (Å²) >= 11 is 0. The van der Waals surface area contributed by atoms with Crippen LogP contribution in [0.5, 0.6) is 0 Å². The smallest absolute Gasteiger partial charge is 0.334 e. The van der Waals surface area contributed by atoms with Gasteiger partial charge in [-0.1, -0.05) is 13.2 Å². The summed E-state index contributed by atoms with van der Waals surface area (Å²) in [6.07, 6.45) is 1.72. The minimum absolute atomic E-state index is 0.266. The maximum absolute atomic E-state index is 12.1. The molecule has 2 fully saturated rings. The minimum atomic E-state index is -1.40. The van der Waals surface area contributed by atoms with E-state index in [4.69, 9.17) is 14.2 Å². The van der Waals surface area contributed by atoms with Crippen molar-refractivity contribution in [2.75, 3.05) is 0 Å². The SMILES string of the molecule is C=C(C)C(=O)O[C@@H]1C[C@]2(C)CC[C@@](O)(O2)/C(C)=C\[C@H]2OC(=O)C(=C)[C@@H]21. The highest BCUT2D eigenvalue weighted by molar-refractivity contribution is 5.91.